The molecule has 8 aromatic rings. The molecule has 0 saturated heterocycles. The lowest BCUT2D eigenvalue weighted by Gasteiger charge is -2.11. The summed E-state index contributed by atoms with van der Waals surface area (Å²) in [4.78, 5) is 14.8. The van der Waals surface area contributed by atoms with E-state index in [2.05, 4.69) is 135 Å². The Bertz CT molecular complexity index is 2270. The standard InChI is InChI=1S/C41H29N3O/c1-26-16-20-28(21-17-26)39-42-40(29-22-18-27(2)19-23-29)44-41(43-39)33-11-6-9-31(25-33)30-8-5-10-32(24-30)34-13-7-15-37-38(34)35-12-3-4-14-36(35)45-37/h3-25H,1-2H3. The summed E-state index contributed by atoms with van der Waals surface area (Å²) in [7, 11) is 0. The maximum Gasteiger partial charge on any atom is 0.164 e. The summed E-state index contributed by atoms with van der Waals surface area (Å²) in [5.74, 6) is 1.95. The lowest BCUT2D eigenvalue weighted by molar-refractivity contribution is 0.669. The van der Waals surface area contributed by atoms with Gasteiger partial charge in [-0.15, -0.1) is 0 Å². The largest absolute Gasteiger partial charge is 0.456 e. The Balaban J connectivity index is 1.23. The number of furan rings is 1. The van der Waals surface area contributed by atoms with Gasteiger partial charge in [-0.2, -0.15) is 0 Å². The van der Waals surface area contributed by atoms with Crippen molar-refractivity contribution >= 4 is 21.9 Å². The molecule has 214 valence electrons. The molecule has 45 heavy (non-hydrogen) atoms. The Morgan fingerprint density at radius 1 is 0.400 bits per heavy atom. The van der Waals surface area contributed by atoms with E-state index in [1.807, 2.05) is 18.2 Å². The SMILES string of the molecule is Cc1ccc(-c2nc(-c3ccc(C)cc3)nc(-c3cccc(-c4cccc(-c5cccc6oc7ccccc7c56)c4)c3)n2)cc1. The molecular formula is C41H29N3O. The smallest absolute Gasteiger partial charge is 0.164 e. The van der Waals surface area contributed by atoms with Gasteiger partial charge in [-0.1, -0.05) is 126 Å². The second-order valence-corrected chi connectivity index (χ2v) is 11.5. The van der Waals surface area contributed by atoms with E-state index >= 15 is 0 Å². The van der Waals surface area contributed by atoms with Gasteiger partial charge in [0.1, 0.15) is 11.2 Å². The van der Waals surface area contributed by atoms with Crippen molar-refractivity contribution in [1.29, 1.82) is 0 Å². The molecule has 0 radical (unpaired) electrons. The van der Waals surface area contributed by atoms with Gasteiger partial charge in [0.05, 0.1) is 0 Å². The molecule has 0 N–H and O–H groups in total. The monoisotopic (exact) mass is 579 g/mol. The van der Waals surface area contributed by atoms with Crippen molar-refractivity contribution in [2.45, 2.75) is 13.8 Å². The molecule has 4 heteroatoms. The zero-order valence-electron chi connectivity index (χ0n) is 25.0. The normalized spacial score (nSPS) is 11.3. The molecule has 8 rings (SSSR count). The maximum absolute atomic E-state index is 6.17. The number of rotatable bonds is 5. The van der Waals surface area contributed by atoms with E-state index in [-0.39, 0.29) is 0 Å². The number of hydrogen-bond acceptors (Lipinski definition) is 4. The van der Waals surface area contributed by atoms with Gasteiger partial charge >= 0.3 is 0 Å². The first-order valence-corrected chi connectivity index (χ1v) is 15.1. The number of fused-ring (bicyclic) bond motifs is 3. The van der Waals surface area contributed by atoms with Gasteiger partial charge in [0.2, 0.25) is 0 Å². The van der Waals surface area contributed by atoms with Crippen LogP contribution in [-0.2, 0) is 0 Å². The minimum atomic E-state index is 0.642. The number of nitrogens with zero attached hydrogens (tertiary/aromatic N) is 3. The Morgan fingerprint density at radius 2 is 0.889 bits per heavy atom. The summed E-state index contributed by atoms with van der Waals surface area (Å²) in [6.45, 7) is 4.16. The van der Waals surface area contributed by atoms with Crippen LogP contribution in [-0.4, -0.2) is 15.0 Å². The van der Waals surface area contributed by atoms with Crippen molar-refractivity contribution in [1.82, 2.24) is 15.0 Å². The topological polar surface area (TPSA) is 51.8 Å². The molecule has 2 heterocycles. The molecule has 0 aliphatic carbocycles. The van der Waals surface area contributed by atoms with Crippen molar-refractivity contribution in [3.05, 3.63) is 151 Å². The van der Waals surface area contributed by atoms with Crippen molar-refractivity contribution in [3.8, 4) is 56.4 Å². The fourth-order valence-electron chi connectivity index (χ4n) is 5.89. The first-order chi connectivity index (χ1) is 22.1. The van der Waals surface area contributed by atoms with Gasteiger partial charge in [0.15, 0.2) is 17.5 Å². The van der Waals surface area contributed by atoms with Crippen LogP contribution < -0.4 is 0 Å². The van der Waals surface area contributed by atoms with Crippen LogP contribution in [0.5, 0.6) is 0 Å². The van der Waals surface area contributed by atoms with E-state index in [4.69, 9.17) is 19.4 Å². The Hall–Kier alpha value is -5.87. The van der Waals surface area contributed by atoms with Crippen LogP contribution >= 0.6 is 0 Å². The molecule has 6 aromatic carbocycles. The first kappa shape index (κ1) is 26.7. The molecule has 0 aliphatic heterocycles. The average molecular weight is 580 g/mol. The van der Waals surface area contributed by atoms with Gasteiger partial charge in [0, 0.05) is 27.5 Å². The first-order valence-electron chi connectivity index (χ1n) is 15.1. The predicted octanol–water partition coefficient (Wildman–Crippen LogP) is 10.7. The van der Waals surface area contributed by atoms with Crippen LogP contribution in [0.15, 0.2) is 144 Å². The van der Waals surface area contributed by atoms with Crippen LogP contribution in [0.1, 0.15) is 11.1 Å². The van der Waals surface area contributed by atoms with E-state index in [0.29, 0.717) is 17.5 Å². The molecule has 0 bridgehead atoms. The highest BCUT2D eigenvalue weighted by Crippen LogP contribution is 2.38. The average Bonchev–Trinajstić information content (AvgIpc) is 3.48. The summed E-state index contributed by atoms with van der Waals surface area (Å²) in [6.07, 6.45) is 0. The summed E-state index contributed by atoms with van der Waals surface area (Å²) >= 11 is 0. The van der Waals surface area contributed by atoms with E-state index in [1.165, 1.54) is 11.1 Å². The minimum Gasteiger partial charge on any atom is -0.456 e. The Labute approximate surface area is 261 Å². The summed E-state index contributed by atoms with van der Waals surface area (Å²) in [5.41, 5.74) is 11.5. The number of hydrogen-bond donors (Lipinski definition) is 0. The third-order valence-corrected chi connectivity index (χ3v) is 8.29. The Kier molecular flexibility index (Phi) is 6.54. The molecule has 0 aliphatic rings. The molecule has 4 nitrogen and oxygen atoms in total. The van der Waals surface area contributed by atoms with E-state index < -0.39 is 0 Å². The van der Waals surface area contributed by atoms with Crippen LogP contribution in [0, 0.1) is 13.8 Å². The predicted molar refractivity (Wildman–Crippen MR) is 184 cm³/mol. The fourth-order valence-corrected chi connectivity index (χ4v) is 5.89. The molecule has 2 aromatic heterocycles. The molecule has 0 atom stereocenters. The van der Waals surface area contributed by atoms with Gasteiger partial charge in [0.25, 0.3) is 0 Å². The third kappa shape index (κ3) is 5.07. The quantitative estimate of drug-likeness (QED) is 0.203. The summed E-state index contributed by atoms with van der Waals surface area (Å²) < 4.78 is 6.17. The molecule has 0 unspecified atom stereocenters. The lowest BCUT2D eigenvalue weighted by atomic mass is 9.95. The van der Waals surface area contributed by atoms with Crippen molar-refractivity contribution in [3.63, 3.8) is 0 Å². The van der Waals surface area contributed by atoms with Crippen molar-refractivity contribution < 1.29 is 4.42 Å². The minimum absolute atomic E-state index is 0.642. The number of benzene rings is 6. The fraction of sp³-hybridized carbons (Fsp3) is 0.0488. The molecular weight excluding hydrogens is 550 g/mol. The van der Waals surface area contributed by atoms with Crippen molar-refractivity contribution in [2.75, 3.05) is 0 Å². The van der Waals surface area contributed by atoms with Crippen LogP contribution in [0.25, 0.3) is 78.4 Å². The molecule has 0 fully saturated rings. The second kappa shape index (κ2) is 11.0. The number of para-hydroxylation sites is 1. The number of aromatic nitrogens is 3. The third-order valence-electron chi connectivity index (χ3n) is 8.29. The van der Waals surface area contributed by atoms with Crippen LogP contribution in [0.4, 0.5) is 0 Å². The van der Waals surface area contributed by atoms with Crippen molar-refractivity contribution in [2.24, 2.45) is 0 Å². The van der Waals surface area contributed by atoms with Crippen LogP contribution in [0.3, 0.4) is 0 Å². The highest BCUT2D eigenvalue weighted by Gasteiger charge is 2.15. The number of aryl methyl sites for hydroxylation is 2. The zero-order chi connectivity index (χ0) is 30.3. The van der Waals surface area contributed by atoms with E-state index in [1.54, 1.807) is 0 Å². The zero-order valence-corrected chi connectivity index (χ0v) is 25.0. The molecule has 0 spiro atoms. The Morgan fingerprint density at radius 3 is 1.53 bits per heavy atom. The van der Waals surface area contributed by atoms with Gasteiger partial charge in [-0.3, -0.25) is 0 Å². The molecule has 0 saturated carbocycles. The summed E-state index contributed by atoms with van der Waals surface area (Å²) in [6, 6.07) is 48.2. The van der Waals surface area contributed by atoms with E-state index in [9.17, 15) is 0 Å². The van der Waals surface area contributed by atoms with Gasteiger partial charge in [-0.25, -0.2) is 15.0 Å². The van der Waals surface area contributed by atoms with Gasteiger partial charge in [-0.05, 0) is 60.4 Å². The maximum atomic E-state index is 6.17. The van der Waals surface area contributed by atoms with Gasteiger partial charge < -0.3 is 4.42 Å². The van der Waals surface area contributed by atoms with Crippen LogP contribution in [0.2, 0.25) is 0 Å². The summed E-state index contributed by atoms with van der Waals surface area (Å²) in [5, 5.41) is 2.26. The van der Waals surface area contributed by atoms with E-state index in [0.717, 1.165) is 60.9 Å². The molecule has 0 amide bonds. The lowest BCUT2D eigenvalue weighted by Crippen LogP contribution is -2.00. The highest BCUT2D eigenvalue weighted by molar-refractivity contribution is 6.12. The second-order valence-electron chi connectivity index (χ2n) is 11.5. The highest BCUT2D eigenvalue weighted by atomic mass is 16.3.